The highest BCUT2D eigenvalue weighted by atomic mass is 35.5. The van der Waals surface area contributed by atoms with Crippen LogP contribution in [0.15, 0.2) is 12.1 Å². The second-order valence-corrected chi connectivity index (χ2v) is 4.13. The average Bonchev–Trinajstić information content (AvgIpc) is 2.19. The van der Waals surface area contributed by atoms with Crippen molar-refractivity contribution in [1.82, 2.24) is 4.98 Å². The molecule has 0 aliphatic heterocycles. The molecular formula is C11H14ClNO2. The van der Waals surface area contributed by atoms with Gasteiger partial charge in [-0.25, -0.2) is 9.78 Å². The highest BCUT2D eigenvalue weighted by Gasteiger charge is 2.13. The predicted octanol–water partition coefficient (Wildman–Crippen LogP) is 2.72. The van der Waals surface area contributed by atoms with E-state index in [2.05, 4.69) is 23.6 Å². The van der Waals surface area contributed by atoms with Gasteiger partial charge in [-0.15, -0.1) is 0 Å². The molecule has 0 aromatic carbocycles. The molecule has 15 heavy (non-hydrogen) atoms. The number of ether oxygens (including phenoxy) is 1. The van der Waals surface area contributed by atoms with E-state index >= 15 is 0 Å². The summed E-state index contributed by atoms with van der Waals surface area (Å²) < 4.78 is 4.59. The highest BCUT2D eigenvalue weighted by molar-refractivity contribution is 6.33. The van der Waals surface area contributed by atoms with E-state index in [9.17, 15) is 4.79 Å². The van der Waals surface area contributed by atoms with Gasteiger partial charge in [-0.05, 0) is 24.5 Å². The summed E-state index contributed by atoms with van der Waals surface area (Å²) in [5, 5.41) is 0.328. The Balaban J connectivity index is 3.00. The number of pyridine rings is 1. The number of rotatable bonds is 3. The zero-order valence-electron chi connectivity index (χ0n) is 9.08. The zero-order chi connectivity index (χ0) is 11.4. The molecular weight excluding hydrogens is 214 g/mol. The van der Waals surface area contributed by atoms with Gasteiger partial charge in [0.2, 0.25) is 0 Å². The molecule has 0 N–H and O–H groups in total. The lowest BCUT2D eigenvalue weighted by Crippen LogP contribution is -2.08. The van der Waals surface area contributed by atoms with Crippen molar-refractivity contribution >= 4 is 17.6 Å². The third-order valence-corrected chi connectivity index (χ3v) is 2.20. The van der Waals surface area contributed by atoms with Gasteiger partial charge in [0.25, 0.3) is 0 Å². The summed E-state index contributed by atoms with van der Waals surface area (Å²) in [6, 6.07) is 3.51. The SMILES string of the molecule is COC(=O)c1nc(CC(C)C)ccc1Cl. The third kappa shape index (κ3) is 3.20. The molecule has 0 radical (unpaired) electrons. The third-order valence-electron chi connectivity index (χ3n) is 1.90. The van der Waals surface area contributed by atoms with Crippen molar-refractivity contribution in [3.8, 4) is 0 Å². The van der Waals surface area contributed by atoms with Gasteiger partial charge in [-0.2, -0.15) is 0 Å². The number of hydrogen-bond donors (Lipinski definition) is 0. The largest absolute Gasteiger partial charge is 0.464 e. The average molecular weight is 228 g/mol. The molecule has 82 valence electrons. The van der Waals surface area contributed by atoms with E-state index in [1.807, 2.05) is 6.07 Å². The van der Waals surface area contributed by atoms with Crippen molar-refractivity contribution in [2.45, 2.75) is 20.3 Å². The van der Waals surface area contributed by atoms with Crippen LogP contribution in [0.5, 0.6) is 0 Å². The molecule has 0 saturated carbocycles. The van der Waals surface area contributed by atoms with E-state index in [4.69, 9.17) is 11.6 Å². The molecule has 1 aromatic rings. The molecule has 1 aromatic heterocycles. The molecule has 0 aliphatic rings. The summed E-state index contributed by atoms with van der Waals surface area (Å²) in [4.78, 5) is 15.5. The maximum absolute atomic E-state index is 11.3. The van der Waals surface area contributed by atoms with E-state index in [-0.39, 0.29) is 5.69 Å². The molecule has 0 unspecified atom stereocenters. The highest BCUT2D eigenvalue weighted by Crippen LogP contribution is 2.16. The number of halogens is 1. The van der Waals surface area contributed by atoms with Crippen LogP contribution in [0, 0.1) is 5.92 Å². The van der Waals surface area contributed by atoms with E-state index in [0.29, 0.717) is 10.9 Å². The first kappa shape index (κ1) is 12.0. The number of esters is 1. The van der Waals surface area contributed by atoms with Crippen LogP contribution in [0.3, 0.4) is 0 Å². The molecule has 0 amide bonds. The summed E-state index contributed by atoms with van der Waals surface area (Å²) in [6.45, 7) is 4.18. The van der Waals surface area contributed by atoms with Crippen LogP contribution in [0.25, 0.3) is 0 Å². The summed E-state index contributed by atoms with van der Waals surface area (Å²) in [5.74, 6) is -0.00483. The van der Waals surface area contributed by atoms with Crippen molar-refractivity contribution in [3.63, 3.8) is 0 Å². The Bertz CT molecular complexity index is 364. The zero-order valence-corrected chi connectivity index (χ0v) is 9.84. The predicted molar refractivity (Wildman–Crippen MR) is 59.1 cm³/mol. The van der Waals surface area contributed by atoms with Gasteiger partial charge in [0.15, 0.2) is 5.69 Å². The second kappa shape index (κ2) is 5.12. The first-order valence-electron chi connectivity index (χ1n) is 4.78. The van der Waals surface area contributed by atoms with Crippen LogP contribution in [0.1, 0.15) is 30.0 Å². The van der Waals surface area contributed by atoms with Crippen LogP contribution in [0.2, 0.25) is 5.02 Å². The number of hydrogen-bond acceptors (Lipinski definition) is 3. The maximum atomic E-state index is 11.3. The van der Waals surface area contributed by atoms with Gasteiger partial charge in [0, 0.05) is 5.69 Å². The van der Waals surface area contributed by atoms with Crippen molar-refractivity contribution in [3.05, 3.63) is 28.5 Å². The Labute approximate surface area is 94.4 Å². The fraction of sp³-hybridized carbons (Fsp3) is 0.455. The molecule has 1 rings (SSSR count). The van der Waals surface area contributed by atoms with Gasteiger partial charge in [-0.1, -0.05) is 25.4 Å². The van der Waals surface area contributed by atoms with E-state index in [1.165, 1.54) is 7.11 Å². The van der Waals surface area contributed by atoms with Gasteiger partial charge in [0.1, 0.15) is 0 Å². The smallest absolute Gasteiger partial charge is 0.358 e. The van der Waals surface area contributed by atoms with Crippen molar-refractivity contribution < 1.29 is 9.53 Å². The summed E-state index contributed by atoms with van der Waals surface area (Å²) >= 11 is 5.84. The minimum absolute atomic E-state index is 0.192. The minimum atomic E-state index is -0.495. The number of carbonyl (C=O) groups excluding carboxylic acids is 1. The lowest BCUT2D eigenvalue weighted by Gasteiger charge is -2.06. The maximum Gasteiger partial charge on any atom is 0.358 e. The lowest BCUT2D eigenvalue weighted by molar-refractivity contribution is 0.0594. The van der Waals surface area contributed by atoms with Crippen LogP contribution in [-0.2, 0) is 11.2 Å². The molecule has 0 saturated heterocycles. The monoisotopic (exact) mass is 227 g/mol. The molecule has 3 nitrogen and oxygen atoms in total. The van der Waals surface area contributed by atoms with Gasteiger partial charge < -0.3 is 4.74 Å². The summed E-state index contributed by atoms with van der Waals surface area (Å²) in [5.41, 5.74) is 1.05. The van der Waals surface area contributed by atoms with Crippen LogP contribution < -0.4 is 0 Å². The molecule has 0 spiro atoms. The quantitative estimate of drug-likeness (QED) is 0.746. The van der Waals surface area contributed by atoms with Gasteiger partial charge in [0.05, 0.1) is 12.1 Å². The summed E-state index contributed by atoms with van der Waals surface area (Å²) in [6.07, 6.45) is 0.821. The lowest BCUT2D eigenvalue weighted by atomic mass is 10.1. The standard InChI is InChI=1S/C11H14ClNO2/c1-7(2)6-8-4-5-9(12)10(13-8)11(14)15-3/h4-5,7H,6H2,1-3H3. The molecule has 1 heterocycles. The molecule has 4 heteroatoms. The minimum Gasteiger partial charge on any atom is -0.464 e. The van der Waals surface area contributed by atoms with Crippen LogP contribution >= 0.6 is 11.6 Å². The molecule has 0 bridgehead atoms. The van der Waals surface area contributed by atoms with Crippen LogP contribution in [0.4, 0.5) is 0 Å². The number of nitrogens with zero attached hydrogens (tertiary/aromatic N) is 1. The topological polar surface area (TPSA) is 39.2 Å². The Morgan fingerprint density at radius 3 is 2.73 bits per heavy atom. The van der Waals surface area contributed by atoms with Crippen molar-refractivity contribution in [2.75, 3.05) is 7.11 Å². The van der Waals surface area contributed by atoms with Crippen molar-refractivity contribution in [2.24, 2.45) is 5.92 Å². The van der Waals surface area contributed by atoms with Gasteiger partial charge in [-0.3, -0.25) is 0 Å². The fourth-order valence-electron chi connectivity index (χ4n) is 1.25. The first-order valence-corrected chi connectivity index (χ1v) is 5.16. The second-order valence-electron chi connectivity index (χ2n) is 3.72. The van der Waals surface area contributed by atoms with Crippen LogP contribution in [-0.4, -0.2) is 18.1 Å². The number of aromatic nitrogens is 1. The van der Waals surface area contributed by atoms with E-state index < -0.39 is 5.97 Å². The molecule has 0 fully saturated rings. The van der Waals surface area contributed by atoms with Crippen molar-refractivity contribution in [1.29, 1.82) is 0 Å². The van der Waals surface area contributed by atoms with E-state index in [1.54, 1.807) is 6.07 Å². The number of methoxy groups -OCH3 is 1. The Hall–Kier alpha value is -1.09. The van der Waals surface area contributed by atoms with E-state index in [0.717, 1.165) is 12.1 Å². The Kier molecular flexibility index (Phi) is 4.09. The fourth-order valence-corrected chi connectivity index (χ4v) is 1.44. The summed E-state index contributed by atoms with van der Waals surface area (Å²) in [7, 11) is 1.31. The Morgan fingerprint density at radius 2 is 2.20 bits per heavy atom. The Morgan fingerprint density at radius 1 is 1.53 bits per heavy atom. The first-order chi connectivity index (χ1) is 7.04. The normalized spacial score (nSPS) is 10.5. The molecule has 0 atom stereocenters. The van der Waals surface area contributed by atoms with Gasteiger partial charge >= 0.3 is 5.97 Å². The molecule has 0 aliphatic carbocycles. The number of carbonyl (C=O) groups is 1.